The van der Waals surface area contributed by atoms with E-state index in [9.17, 15) is 9.59 Å². The lowest BCUT2D eigenvalue weighted by Crippen LogP contribution is -2.44. The maximum Gasteiger partial charge on any atom is 0.244 e. The molecular weight excluding hydrogens is 232 g/mol. The van der Waals surface area contributed by atoms with Crippen LogP contribution in [0.5, 0.6) is 0 Å². The van der Waals surface area contributed by atoms with Crippen LogP contribution in [0.25, 0.3) is 6.08 Å². The summed E-state index contributed by atoms with van der Waals surface area (Å²) in [7, 11) is 0. The average molecular weight is 250 g/mol. The lowest BCUT2D eigenvalue weighted by atomic mass is 10.3. The molecule has 1 aromatic rings. The Bertz CT molecular complexity index is 410. The number of hydrogen-bond donors (Lipinski definition) is 2. The molecule has 1 heterocycles. The van der Waals surface area contributed by atoms with Gasteiger partial charge >= 0.3 is 0 Å². The van der Waals surface area contributed by atoms with Gasteiger partial charge in [-0.2, -0.15) is 0 Å². The van der Waals surface area contributed by atoms with Gasteiger partial charge in [-0.3, -0.25) is 9.59 Å². The van der Waals surface area contributed by atoms with E-state index in [-0.39, 0.29) is 11.8 Å². The first kappa shape index (κ1) is 14.0. The summed E-state index contributed by atoms with van der Waals surface area (Å²) in [5.74, 6) is 0.0791. The molecule has 0 saturated heterocycles. The molecule has 5 heteroatoms. The second-order valence-corrected chi connectivity index (χ2v) is 3.87. The third-order valence-electron chi connectivity index (χ3n) is 2.24. The van der Waals surface area contributed by atoms with Crippen LogP contribution in [0, 0.1) is 0 Å². The Balaban J connectivity index is 2.37. The van der Waals surface area contributed by atoms with Gasteiger partial charge in [0.25, 0.3) is 0 Å². The molecule has 0 aliphatic rings. The maximum absolute atomic E-state index is 11.5. The zero-order chi connectivity index (χ0) is 13.4. The SMILES string of the molecule is CCCNC(=O)C(C)NC(=O)/C=C/c1ccco1. The highest BCUT2D eigenvalue weighted by molar-refractivity contribution is 5.95. The van der Waals surface area contributed by atoms with Crippen molar-refractivity contribution in [3.8, 4) is 0 Å². The van der Waals surface area contributed by atoms with Crippen LogP contribution in [0.4, 0.5) is 0 Å². The number of carbonyl (C=O) groups is 2. The van der Waals surface area contributed by atoms with Crippen molar-refractivity contribution in [3.63, 3.8) is 0 Å². The summed E-state index contributed by atoms with van der Waals surface area (Å²) >= 11 is 0. The van der Waals surface area contributed by atoms with Crippen molar-refractivity contribution in [1.29, 1.82) is 0 Å². The molecule has 2 N–H and O–H groups in total. The topological polar surface area (TPSA) is 71.3 Å². The number of furan rings is 1. The summed E-state index contributed by atoms with van der Waals surface area (Å²) in [5.41, 5.74) is 0. The van der Waals surface area contributed by atoms with Crippen molar-refractivity contribution in [2.75, 3.05) is 6.54 Å². The number of rotatable bonds is 6. The third-order valence-corrected chi connectivity index (χ3v) is 2.24. The van der Waals surface area contributed by atoms with Gasteiger partial charge < -0.3 is 15.1 Å². The molecule has 0 radical (unpaired) electrons. The first-order valence-corrected chi connectivity index (χ1v) is 5.93. The van der Waals surface area contributed by atoms with E-state index in [0.717, 1.165) is 6.42 Å². The van der Waals surface area contributed by atoms with Crippen LogP contribution >= 0.6 is 0 Å². The Labute approximate surface area is 106 Å². The number of amides is 2. The molecule has 1 unspecified atom stereocenters. The minimum absolute atomic E-state index is 0.184. The highest BCUT2D eigenvalue weighted by Gasteiger charge is 2.12. The van der Waals surface area contributed by atoms with Crippen molar-refractivity contribution in [2.24, 2.45) is 0 Å². The molecule has 18 heavy (non-hydrogen) atoms. The lowest BCUT2D eigenvalue weighted by Gasteiger charge is -2.12. The van der Waals surface area contributed by atoms with Gasteiger partial charge in [0, 0.05) is 12.6 Å². The van der Waals surface area contributed by atoms with Crippen molar-refractivity contribution in [2.45, 2.75) is 26.3 Å². The first-order valence-electron chi connectivity index (χ1n) is 5.93. The van der Waals surface area contributed by atoms with Crippen LogP contribution in [0.1, 0.15) is 26.0 Å². The second-order valence-electron chi connectivity index (χ2n) is 3.87. The molecule has 0 bridgehead atoms. The van der Waals surface area contributed by atoms with Gasteiger partial charge in [0.15, 0.2) is 0 Å². The van der Waals surface area contributed by atoms with Gasteiger partial charge in [-0.05, 0) is 31.6 Å². The quantitative estimate of drug-likeness (QED) is 0.748. The minimum Gasteiger partial charge on any atom is -0.465 e. The fraction of sp³-hybridized carbons (Fsp3) is 0.385. The van der Waals surface area contributed by atoms with Gasteiger partial charge in [0.05, 0.1) is 6.26 Å². The molecule has 0 aromatic carbocycles. The summed E-state index contributed by atoms with van der Waals surface area (Å²) in [6.07, 6.45) is 5.28. The fourth-order valence-electron chi connectivity index (χ4n) is 1.27. The molecule has 1 atom stereocenters. The second kappa shape index (κ2) is 7.32. The molecule has 1 aromatic heterocycles. The lowest BCUT2D eigenvalue weighted by molar-refractivity contribution is -0.126. The van der Waals surface area contributed by atoms with Gasteiger partial charge in [-0.15, -0.1) is 0 Å². The van der Waals surface area contributed by atoms with E-state index in [1.807, 2.05) is 6.92 Å². The van der Waals surface area contributed by atoms with Crippen LogP contribution in [-0.2, 0) is 9.59 Å². The van der Waals surface area contributed by atoms with Gasteiger partial charge in [0.2, 0.25) is 11.8 Å². The largest absolute Gasteiger partial charge is 0.465 e. The molecule has 0 fully saturated rings. The number of hydrogen-bond acceptors (Lipinski definition) is 3. The zero-order valence-electron chi connectivity index (χ0n) is 10.6. The molecule has 0 saturated carbocycles. The highest BCUT2D eigenvalue weighted by atomic mass is 16.3. The Hall–Kier alpha value is -2.04. The molecule has 0 aliphatic carbocycles. The summed E-state index contributed by atoms with van der Waals surface area (Å²) in [6.45, 7) is 4.22. The average Bonchev–Trinajstić information content (AvgIpc) is 2.86. The van der Waals surface area contributed by atoms with Crippen LogP contribution in [-0.4, -0.2) is 24.4 Å². The predicted molar refractivity (Wildman–Crippen MR) is 68.6 cm³/mol. The normalized spacial score (nSPS) is 12.3. The van der Waals surface area contributed by atoms with E-state index >= 15 is 0 Å². The van der Waals surface area contributed by atoms with Crippen LogP contribution in [0.2, 0.25) is 0 Å². The first-order chi connectivity index (χ1) is 8.63. The maximum atomic E-state index is 11.5. The summed E-state index contributed by atoms with van der Waals surface area (Å²) in [4.78, 5) is 23.0. The third kappa shape index (κ3) is 4.86. The Morgan fingerprint density at radius 2 is 2.28 bits per heavy atom. The minimum atomic E-state index is -0.551. The summed E-state index contributed by atoms with van der Waals surface area (Å²) in [6, 6.07) is 2.92. The Kier molecular flexibility index (Phi) is 5.70. The molecule has 5 nitrogen and oxygen atoms in total. The van der Waals surface area contributed by atoms with Gasteiger partial charge in [0.1, 0.15) is 11.8 Å². The van der Waals surface area contributed by atoms with Crippen molar-refractivity contribution in [1.82, 2.24) is 10.6 Å². The molecule has 2 amide bonds. The van der Waals surface area contributed by atoms with Crippen molar-refractivity contribution < 1.29 is 14.0 Å². The monoisotopic (exact) mass is 250 g/mol. The Morgan fingerprint density at radius 1 is 1.50 bits per heavy atom. The van der Waals surface area contributed by atoms with E-state index in [2.05, 4.69) is 10.6 Å². The standard InChI is InChI=1S/C13H18N2O3/c1-3-8-14-13(17)10(2)15-12(16)7-6-11-5-4-9-18-11/h4-7,9-10H,3,8H2,1-2H3,(H,14,17)(H,15,16)/b7-6+. The fourth-order valence-corrected chi connectivity index (χ4v) is 1.27. The van der Waals surface area contributed by atoms with Crippen LogP contribution in [0.3, 0.4) is 0 Å². The molecule has 98 valence electrons. The summed E-state index contributed by atoms with van der Waals surface area (Å²) in [5, 5.41) is 5.28. The predicted octanol–water partition coefficient (Wildman–Crippen LogP) is 1.32. The van der Waals surface area contributed by atoms with Gasteiger partial charge in [-0.1, -0.05) is 6.92 Å². The highest BCUT2D eigenvalue weighted by Crippen LogP contribution is 2.01. The van der Waals surface area contributed by atoms with Crippen molar-refractivity contribution >= 4 is 17.9 Å². The van der Waals surface area contributed by atoms with Crippen LogP contribution in [0.15, 0.2) is 28.9 Å². The smallest absolute Gasteiger partial charge is 0.244 e. The van der Waals surface area contributed by atoms with Crippen molar-refractivity contribution in [3.05, 3.63) is 30.2 Å². The number of carbonyl (C=O) groups excluding carboxylic acids is 2. The van der Waals surface area contributed by atoms with Crippen LogP contribution < -0.4 is 10.6 Å². The van der Waals surface area contributed by atoms with E-state index < -0.39 is 6.04 Å². The molecule has 0 spiro atoms. The molecular formula is C13H18N2O3. The number of nitrogens with one attached hydrogen (secondary N) is 2. The summed E-state index contributed by atoms with van der Waals surface area (Å²) < 4.78 is 5.04. The van der Waals surface area contributed by atoms with E-state index in [4.69, 9.17) is 4.42 Å². The molecule has 0 aliphatic heterocycles. The van der Waals surface area contributed by atoms with E-state index in [1.54, 1.807) is 25.1 Å². The van der Waals surface area contributed by atoms with Gasteiger partial charge in [-0.25, -0.2) is 0 Å². The zero-order valence-corrected chi connectivity index (χ0v) is 10.6. The van der Waals surface area contributed by atoms with E-state index in [1.165, 1.54) is 12.3 Å². The van der Waals surface area contributed by atoms with E-state index in [0.29, 0.717) is 12.3 Å². The molecule has 1 rings (SSSR count). The Morgan fingerprint density at radius 3 is 2.89 bits per heavy atom.